The molecule has 3 aromatic rings. The van der Waals surface area contributed by atoms with Gasteiger partial charge in [0, 0.05) is 31.7 Å². The lowest BCUT2D eigenvalue weighted by atomic mass is 10.2. The van der Waals surface area contributed by atoms with E-state index >= 15 is 0 Å². The highest BCUT2D eigenvalue weighted by Crippen LogP contribution is 2.33. The Bertz CT molecular complexity index is 1010. The van der Waals surface area contributed by atoms with Crippen molar-refractivity contribution in [2.75, 3.05) is 20.1 Å². The van der Waals surface area contributed by atoms with E-state index in [9.17, 15) is 4.79 Å². The molecule has 4 heterocycles. The smallest absolute Gasteiger partial charge is 0.275 e. The Morgan fingerprint density at radius 1 is 1.14 bits per heavy atom. The molecule has 8 nitrogen and oxygen atoms in total. The summed E-state index contributed by atoms with van der Waals surface area (Å²) in [7, 11) is 2.10. The zero-order valence-electron chi connectivity index (χ0n) is 16.5. The number of nitrogens with zero attached hydrogens (tertiary/aromatic N) is 6. The van der Waals surface area contributed by atoms with E-state index in [0.29, 0.717) is 24.0 Å². The van der Waals surface area contributed by atoms with Crippen LogP contribution in [0.15, 0.2) is 40.9 Å². The molecule has 0 aliphatic carbocycles. The van der Waals surface area contributed by atoms with Crippen molar-refractivity contribution in [2.24, 2.45) is 0 Å². The molecule has 2 aliphatic rings. The summed E-state index contributed by atoms with van der Waals surface area (Å²) in [5.41, 5.74) is 2.50. The minimum Gasteiger partial charge on any atom is -0.337 e. The summed E-state index contributed by atoms with van der Waals surface area (Å²) in [5, 5.41) is 8.72. The van der Waals surface area contributed by atoms with E-state index in [1.807, 2.05) is 46.0 Å². The van der Waals surface area contributed by atoms with E-state index < -0.39 is 0 Å². The zero-order chi connectivity index (χ0) is 19.8. The van der Waals surface area contributed by atoms with Crippen LogP contribution in [0.25, 0.3) is 11.4 Å². The van der Waals surface area contributed by atoms with Gasteiger partial charge in [0.2, 0.25) is 11.7 Å². The molecule has 0 N–H and O–H groups in total. The fourth-order valence-corrected chi connectivity index (χ4v) is 4.22. The first-order valence-corrected chi connectivity index (χ1v) is 10.1. The monoisotopic (exact) mass is 392 g/mol. The predicted octanol–water partition coefficient (Wildman–Crippen LogP) is 2.75. The number of aromatic nitrogens is 4. The van der Waals surface area contributed by atoms with Gasteiger partial charge < -0.3 is 14.3 Å². The summed E-state index contributed by atoms with van der Waals surface area (Å²) >= 11 is 0. The van der Waals surface area contributed by atoms with Crippen molar-refractivity contribution in [3.63, 3.8) is 0 Å². The standard InChI is InChI=1S/C21H24N6O2/c1-25-10-6-12-27-16(14-25)13-17(23-27)21(28)26-11-5-9-18(26)20-22-19(24-29-20)15-7-3-2-4-8-15/h2-4,7-8,13,18H,5-6,9-12,14H2,1H3. The molecule has 5 rings (SSSR count). The Morgan fingerprint density at radius 2 is 2.00 bits per heavy atom. The number of carbonyl (C=O) groups is 1. The summed E-state index contributed by atoms with van der Waals surface area (Å²) in [6.07, 6.45) is 2.77. The molecular formula is C21H24N6O2. The zero-order valence-corrected chi connectivity index (χ0v) is 16.5. The number of amides is 1. The van der Waals surface area contributed by atoms with Gasteiger partial charge in [-0.1, -0.05) is 35.5 Å². The molecule has 0 saturated carbocycles. The number of fused-ring (bicyclic) bond motifs is 1. The van der Waals surface area contributed by atoms with Crippen LogP contribution in [-0.4, -0.2) is 55.8 Å². The van der Waals surface area contributed by atoms with Gasteiger partial charge in [-0.05, 0) is 32.4 Å². The second-order valence-corrected chi connectivity index (χ2v) is 7.81. The molecule has 0 radical (unpaired) electrons. The van der Waals surface area contributed by atoms with Crippen molar-refractivity contribution >= 4 is 5.91 Å². The largest absolute Gasteiger partial charge is 0.337 e. The lowest BCUT2D eigenvalue weighted by molar-refractivity contribution is 0.0703. The van der Waals surface area contributed by atoms with E-state index in [1.54, 1.807) is 0 Å². The normalized spacial score (nSPS) is 19.9. The molecule has 0 spiro atoms. The van der Waals surface area contributed by atoms with Crippen LogP contribution in [-0.2, 0) is 13.1 Å². The highest BCUT2D eigenvalue weighted by molar-refractivity contribution is 5.92. The Hall–Kier alpha value is -3.00. The molecule has 1 unspecified atom stereocenters. The molecule has 1 saturated heterocycles. The third-order valence-electron chi connectivity index (χ3n) is 5.70. The number of benzene rings is 1. The molecule has 1 amide bonds. The Labute approximate surface area is 169 Å². The predicted molar refractivity (Wildman–Crippen MR) is 106 cm³/mol. The van der Waals surface area contributed by atoms with Gasteiger partial charge in [0.05, 0.1) is 5.69 Å². The topological polar surface area (TPSA) is 80.3 Å². The van der Waals surface area contributed by atoms with Crippen molar-refractivity contribution in [3.05, 3.63) is 53.7 Å². The molecule has 1 aromatic carbocycles. The maximum Gasteiger partial charge on any atom is 0.275 e. The number of hydrogen-bond donors (Lipinski definition) is 0. The fraction of sp³-hybridized carbons (Fsp3) is 0.429. The highest BCUT2D eigenvalue weighted by Gasteiger charge is 2.36. The van der Waals surface area contributed by atoms with Gasteiger partial charge in [-0.2, -0.15) is 10.1 Å². The quantitative estimate of drug-likeness (QED) is 0.682. The van der Waals surface area contributed by atoms with Crippen molar-refractivity contribution in [1.29, 1.82) is 0 Å². The molecule has 150 valence electrons. The molecule has 0 bridgehead atoms. The second-order valence-electron chi connectivity index (χ2n) is 7.81. The third kappa shape index (κ3) is 3.44. The molecule has 2 aromatic heterocycles. The van der Waals surface area contributed by atoms with Crippen LogP contribution < -0.4 is 0 Å². The van der Waals surface area contributed by atoms with Crippen LogP contribution in [0, 0.1) is 0 Å². The lowest BCUT2D eigenvalue weighted by Gasteiger charge is -2.20. The number of likely N-dealkylation sites (tertiary alicyclic amines) is 1. The number of aryl methyl sites for hydroxylation is 1. The third-order valence-corrected chi connectivity index (χ3v) is 5.70. The molecule has 8 heteroatoms. The molecule has 1 atom stereocenters. The van der Waals surface area contributed by atoms with Crippen LogP contribution >= 0.6 is 0 Å². The molecular weight excluding hydrogens is 368 g/mol. The average molecular weight is 392 g/mol. The Balaban J connectivity index is 1.38. The maximum absolute atomic E-state index is 13.2. The van der Waals surface area contributed by atoms with E-state index in [1.165, 1.54) is 0 Å². The van der Waals surface area contributed by atoms with Gasteiger partial charge >= 0.3 is 0 Å². The van der Waals surface area contributed by atoms with Gasteiger partial charge in [0.25, 0.3) is 5.91 Å². The van der Waals surface area contributed by atoms with Crippen molar-refractivity contribution in [1.82, 2.24) is 29.7 Å². The van der Waals surface area contributed by atoms with Gasteiger partial charge in [0.15, 0.2) is 5.69 Å². The van der Waals surface area contributed by atoms with Crippen molar-refractivity contribution in [2.45, 2.75) is 38.4 Å². The Morgan fingerprint density at radius 3 is 2.86 bits per heavy atom. The van der Waals surface area contributed by atoms with Crippen molar-refractivity contribution < 1.29 is 9.32 Å². The van der Waals surface area contributed by atoms with Crippen LogP contribution in [0.3, 0.4) is 0 Å². The SMILES string of the molecule is CN1CCCn2nc(C(=O)N3CCCC3c3nc(-c4ccccc4)no3)cc2C1. The summed E-state index contributed by atoms with van der Waals surface area (Å²) in [6.45, 7) is 3.38. The number of hydrogen-bond acceptors (Lipinski definition) is 6. The van der Waals surface area contributed by atoms with Crippen LogP contribution in [0.2, 0.25) is 0 Å². The van der Waals surface area contributed by atoms with Crippen LogP contribution in [0.1, 0.15) is 47.4 Å². The molecule has 2 aliphatic heterocycles. The lowest BCUT2D eigenvalue weighted by Crippen LogP contribution is -2.31. The average Bonchev–Trinajstić information content (AvgIpc) is 3.46. The number of carbonyl (C=O) groups excluding carboxylic acids is 1. The highest BCUT2D eigenvalue weighted by atomic mass is 16.5. The van der Waals surface area contributed by atoms with Crippen LogP contribution in [0.5, 0.6) is 0 Å². The summed E-state index contributed by atoms with van der Waals surface area (Å²) in [6, 6.07) is 11.5. The molecule has 1 fully saturated rings. The van der Waals surface area contributed by atoms with E-state index in [4.69, 9.17) is 4.52 Å². The van der Waals surface area contributed by atoms with Crippen molar-refractivity contribution in [3.8, 4) is 11.4 Å². The van der Waals surface area contributed by atoms with E-state index in [2.05, 4.69) is 27.2 Å². The van der Waals surface area contributed by atoms with Gasteiger partial charge in [-0.15, -0.1) is 0 Å². The summed E-state index contributed by atoms with van der Waals surface area (Å²) in [4.78, 5) is 21.9. The minimum absolute atomic E-state index is 0.0600. The first kappa shape index (κ1) is 18.1. The van der Waals surface area contributed by atoms with Gasteiger partial charge in [-0.3, -0.25) is 9.48 Å². The first-order chi connectivity index (χ1) is 14.2. The van der Waals surface area contributed by atoms with Crippen LogP contribution in [0.4, 0.5) is 0 Å². The molecule has 29 heavy (non-hydrogen) atoms. The van der Waals surface area contributed by atoms with Gasteiger partial charge in [-0.25, -0.2) is 0 Å². The number of rotatable bonds is 3. The first-order valence-electron chi connectivity index (χ1n) is 10.1. The fourth-order valence-electron chi connectivity index (χ4n) is 4.22. The summed E-state index contributed by atoms with van der Waals surface area (Å²) in [5.74, 6) is 0.988. The summed E-state index contributed by atoms with van der Waals surface area (Å²) < 4.78 is 7.52. The Kier molecular flexibility index (Phi) is 4.63. The van der Waals surface area contributed by atoms with Gasteiger partial charge in [0.1, 0.15) is 6.04 Å². The second kappa shape index (κ2) is 7.44. The van der Waals surface area contributed by atoms with E-state index in [-0.39, 0.29) is 11.9 Å². The van der Waals surface area contributed by atoms with E-state index in [0.717, 1.165) is 50.2 Å². The minimum atomic E-state index is -0.198. The maximum atomic E-state index is 13.2.